The van der Waals surface area contributed by atoms with Gasteiger partial charge in [-0.05, 0) is 43.9 Å². The van der Waals surface area contributed by atoms with Crippen LogP contribution in [0.5, 0.6) is 0 Å². The van der Waals surface area contributed by atoms with Crippen molar-refractivity contribution in [2.45, 2.75) is 32.7 Å². The van der Waals surface area contributed by atoms with Gasteiger partial charge in [-0.25, -0.2) is 8.78 Å². The van der Waals surface area contributed by atoms with Gasteiger partial charge < -0.3 is 0 Å². The van der Waals surface area contributed by atoms with E-state index in [1.165, 1.54) is 6.07 Å². The van der Waals surface area contributed by atoms with Gasteiger partial charge in [-0.15, -0.1) is 0 Å². The van der Waals surface area contributed by atoms with Crippen molar-refractivity contribution in [3.05, 3.63) is 52.3 Å². The molecule has 0 aliphatic carbocycles. The molecular weight excluding hydrogens is 274 g/mol. The van der Waals surface area contributed by atoms with Crippen molar-refractivity contribution < 1.29 is 8.78 Å². The minimum absolute atomic E-state index is 0.192. The molecule has 114 valence electrons. The van der Waals surface area contributed by atoms with Crippen LogP contribution in [0.4, 0.5) is 8.78 Å². The molecule has 3 N–H and O–H groups in total. The molecule has 0 saturated carbocycles. The Kier molecular flexibility index (Phi) is 4.69. The van der Waals surface area contributed by atoms with Crippen LogP contribution in [0, 0.1) is 25.5 Å². The molecule has 0 saturated heterocycles. The lowest BCUT2D eigenvalue weighted by Crippen LogP contribution is -2.39. The molecule has 21 heavy (non-hydrogen) atoms. The molecule has 0 aliphatic rings. The van der Waals surface area contributed by atoms with Gasteiger partial charge in [0.05, 0.1) is 5.69 Å². The summed E-state index contributed by atoms with van der Waals surface area (Å²) in [5.41, 5.74) is 6.06. The maximum absolute atomic E-state index is 13.7. The highest BCUT2D eigenvalue weighted by Crippen LogP contribution is 2.18. The van der Waals surface area contributed by atoms with Crippen LogP contribution in [0.3, 0.4) is 0 Å². The topological polar surface area (TPSA) is 55.9 Å². The molecule has 1 unspecified atom stereocenters. The van der Waals surface area contributed by atoms with Gasteiger partial charge in [-0.1, -0.05) is 12.1 Å². The average molecular weight is 294 g/mol. The van der Waals surface area contributed by atoms with Crippen LogP contribution in [-0.2, 0) is 19.9 Å². The Balaban J connectivity index is 2.19. The van der Waals surface area contributed by atoms with E-state index >= 15 is 0 Å². The van der Waals surface area contributed by atoms with E-state index in [-0.39, 0.29) is 6.04 Å². The summed E-state index contributed by atoms with van der Waals surface area (Å²) in [6, 6.07) is 4.00. The van der Waals surface area contributed by atoms with Gasteiger partial charge in [-0.3, -0.25) is 16.0 Å². The van der Waals surface area contributed by atoms with Crippen molar-refractivity contribution in [1.82, 2.24) is 15.2 Å². The first-order valence-electron chi connectivity index (χ1n) is 6.82. The van der Waals surface area contributed by atoms with Gasteiger partial charge in [0.15, 0.2) is 11.6 Å². The third kappa shape index (κ3) is 3.28. The zero-order chi connectivity index (χ0) is 15.6. The van der Waals surface area contributed by atoms with Crippen LogP contribution in [0.25, 0.3) is 0 Å². The molecule has 1 atom stereocenters. The van der Waals surface area contributed by atoms with Crippen LogP contribution in [0.1, 0.15) is 22.5 Å². The molecule has 0 fully saturated rings. The molecule has 0 bridgehead atoms. The third-order valence-electron chi connectivity index (χ3n) is 3.84. The highest BCUT2D eigenvalue weighted by Gasteiger charge is 2.18. The van der Waals surface area contributed by atoms with Crippen molar-refractivity contribution >= 4 is 0 Å². The van der Waals surface area contributed by atoms with Gasteiger partial charge in [0, 0.05) is 18.8 Å². The maximum atomic E-state index is 13.7. The van der Waals surface area contributed by atoms with Gasteiger partial charge in [0.2, 0.25) is 0 Å². The Labute approximate surface area is 122 Å². The smallest absolute Gasteiger partial charge is 0.162 e. The lowest BCUT2D eigenvalue weighted by molar-refractivity contribution is 0.473. The normalized spacial score (nSPS) is 12.7. The van der Waals surface area contributed by atoms with E-state index in [1.54, 1.807) is 10.7 Å². The molecule has 6 heteroatoms. The number of halogens is 2. The van der Waals surface area contributed by atoms with Gasteiger partial charge >= 0.3 is 0 Å². The number of hydrazine groups is 1. The predicted octanol–water partition coefficient (Wildman–Crippen LogP) is 1.93. The zero-order valence-corrected chi connectivity index (χ0v) is 12.5. The number of aryl methyl sites for hydroxylation is 2. The van der Waals surface area contributed by atoms with Crippen molar-refractivity contribution in [2.75, 3.05) is 0 Å². The molecule has 0 aliphatic heterocycles. The van der Waals surface area contributed by atoms with Crippen molar-refractivity contribution in [3.8, 4) is 0 Å². The molecule has 0 radical (unpaired) electrons. The molecule has 4 nitrogen and oxygen atoms in total. The summed E-state index contributed by atoms with van der Waals surface area (Å²) in [5.74, 6) is 3.93. The number of nitrogens with one attached hydrogen (secondary N) is 1. The van der Waals surface area contributed by atoms with E-state index in [4.69, 9.17) is 5.84 Å². The second-order valence-corrected chi connectivity index (χ2v) is 5.26. The Morgan fingerprint density at radius 3 is 2.57 bits per heavy atom. The Morgan fingerprint density at radius 2 is 2.00 bits per heavy atom. The monoisotopic (exact) mass is 294 g/mol. The summed E-state index contributed by atoms with van der Waals surface area (Å²) < 4.78 is 28.8. The fourth-order valence-electron chi connectivity index (χ4n) is 2.52. The number of hydrogen-bond acceptors (Lipinski definition) is 3. The first-order chi connectivity index (χ1) is 9.93. The largest absolute Gasteiger partial charge is 0.272 e. The number of aromatic nitrogens is 2. The minimum atomic E-state index is -0.836. The summed E-state index contributed by atoms with van der Waals surface area (Å²) in [5, 5.41) is 4.35. The van der Waals surface area contributed by atoms with E-state index in [2.05, 4.69) is 10.5 Å². The number of hydrogen-bond donors (Lipinski definition) is 2. The van der Waals surface area contributed by atoms with Crippen LogP contribution < -0.4 is 11.3 Å². The standard InChI is InChI=1S/C15H20F2N4/c1-9-13(10(2)21(3)20-9)8-12(19-18)7-11-5-4-6-14(16)15(11)17/h4-6,12,19H,7-8,18H2,1-3H3. The molecule has 1 aromatic carbocycles. The first-order valence-corrected chi connectivity index (χ1v) is 6.82. The molecule has 2 rings (SSSR count). The summed E-state index contributed by atoms with van der Waals surface area (Å²) in [6.45, 7) is 3.91. The highest BCUT2D eigenvalue weighted by atomic mass is 19.2. The van der Waals surface area contributed by atoms with E-state index in [0.29, 0.717) is 18.4 Å². The number of nitrogens with two attached hydrogens (primary N) is 1. The van der Waals surface area contributed by atoms with E-state index in [9.17, 15) is 8.78 Å². The molecule has 1 heterocycles. The predicted molar refractivity (Wildman–Crippen MR) is 77.6 cm³/mol. The van der Waals surface area contributed by atoms with Gasteiger partial charge in [-0.2, -0.15) is 5.10 Å². The highest BCUT2D eigenvalue weighted by molar-refractivity contribution is 5.27. The number of nitrogens with zero attached hydrogens (tertiary/aromatic N) is 2. The van der Waals surface area contributed by atoms with Crippen LogP contribution in [0.15, 0.2) is 18.2 Å². The quantitative estimate of drug-likeness (QED) is 0.654. The molecule has 0 spiro atoms. The van der Waals surface area contributed by atoms with E-state index < -0.39 is 11.6 Å². The van der Waals surface area contributed by atoms with Crippen molar-refractivity contribution in [2.24, 2.45) is 12.9 Å². The Bertz CT molecular complexity index is 637. The maximum Gasteiger partial charge on any atom is 0.162 e. The van der Waals surface area contributed by atoms with Crippen LogP contribution in [0.2, 0.25) is 0 Å². The van der Waals surface area contributed by atoms with E-state index in [0.717, 1.165) is 23.0 Å². The number of rotatable bonds is 5. The summed E-state index contributed by atoms with van der Waals surface area (Å²) in [4.78, 5) is 0. The van der Waals surface area contributed by atoms with Crippen molar-refractivity contribution in [3.63, 3.8) is 0 Å². The Hall–Kier alpha value is -1.79. The molecular formula is C15H20F2N4. The Morgan fingerprint density at radius 1 is 1.29 bits per heavy atom. The molecule has 0 amide bonds. The van der Waals surface area contributed by atoms with Crippen LogP contribution >= 0.6 is 0 Å². The first kappa shape index (κ1) is 15.6. The van der Waals surface area contributed by atoms with Gasteiger partial charge in [0.1, 0.15) is 0 Å². The SMILES string of the molecule is Cc1nn(C)c(C)c1CC(Cc1cccc(F)c1F)NN. The van der Waals surface area contributed by atoms with Crippen molar-refractivity contribution in [1.29, 1.82) is 0 Å². The molecule has 1 aromatic heterocycles. The summed E-state index contributed by atoms with van der Waals surface area (Å²) >= 11 is 0. The molecule has 2 aromatic rings. The lowest BCUT2D eigenvalue weighted by atomic mass is 9.98. The second-order valence-electron chi connectivity index (χ2n) is 5.26. The third-order valence-corrected chi connectivity index (χ3v) is 3.84. The fraction of sp³-hybridized carbons (Fsp3) is 0.400. The van der Waals surface area contributed by atoms with E-state index in [1.807, 2.05) is 20.9 Å². The minimum Gasteiger partial charge on any atom is -0.272 e. The summed E-state index contributed by atoms with van der Waals surface area (Å²) in [7, 11) is 1.88. The van der Waals surface area contributed by atoms with Crippen LogP contribution in [-0.4, -0.2) is 15.8 Å². The zero-order valence-electron chi connectivity index (χ0n) is 12.5. The number of benzene rings is 1. The fourth-order valence-corrected chi connectivity index (χ4v) is 2.52. The summed E-state index contributed by atoms with van der Waals surface area (Å²) in [6.07, 6.45) is 0.922. The second kappa shape index (κ2) is 6.32. The lowest BCUT2D eigenvalue weighted by Gasteiger charge is -2.17. The average Bonchev–Trinajstić information content (AvgIpc) is 2.69. The van der Waals surface area contributed by atoms with Gasteiger partial charge in [0.25, 0.3) is 0 Å².